The molecule has 1 aliphatic heterocycles. The van der Waals surface area contributed by atoms with Crippen molar-refractivity contribution >= 4 is 33.8 Å². The zero-order chi connectivity index (χ0) is 21.3. The van der Waals surface area contributed by atoms with Crippen molar-refractivity contribution in [3.63, 3.8) is 0 Å². The number of para-hydroxylation sites is 1. The molecule has 0 saturated heterocycles. The Morgan fingerprint density at radius 2 is 2.03 bits per heavy atom. The molecule has 0 fully saturated rings. The van der Waals surface area contributed by atoms with Gasteiger partial charge >= 0.3 is 0 Å². The number of nitro benzene ring substituents is 1. The first-order valence-electron chi connectivity index (χ1n) is 10.0. The molecule has 3 aromatic rings. The summed E-state index contributed by atoms with van der Waals surface area (Å²) in [7, 11) is 0. The second kappa shape index (κ2) is 8.12. The average Bonchev–Trinajstić information content (AvgIpc) is 3.17. The van der Waals surface area contributed by atoms with Crippen LogP contribution in [0.25, 0.3) is 16.5 Å². The molecule has 2 heterocycles. The minimum atomic E-state index is -0.543. The maximum Gasteiger partial charge on any atom is 0.282 e. The van der Waals surface area contributed by atoms with Gasteiger partial charge in [0.2, 0.25) is 0 Å². The lowest BCUT2D eigenvalue weighted by atomic mass is 9.98. The molecule has 1 amide bonds. The van der Waals surface area contributed by atoms with E-state index in [-0.39, 0.29) is 11.3 Å². The van der Waals surface area contributed by atoms with Gasteiger partial charge in [0.15, 0.2) is 0 Å². The maximum absolute atomic E-state index is 12.7. The fourth-order valence-corrected chi connectivity index (χ4v) is 3.89. The summed E-state index contributed by atoms with van der Waals surface area (Å²) in [5.74, 6) is -0.497. The summed E-state index contributed by atoms with van der Waals surface area (Å²) in [5.41, 5.74) is 3.85. The Morgan fingerprint density at radius 1 is 1.23 bits per heavy atom. The summed E-state index contributed by atoms with van der Waals surface area (Å²) < 4.78 is 0. The molecule has 0 aliphatic carbocycles. The van der Waals surface area contributed by atoms with Crippen molar-refractivity contribution in [1.82, 2.24) is 9.88 Å². The van der Waals surface area contributed by atoms with Gasteiger partial charge in [-0.3, -0.25) is 19.8 Å². The third-order valence-corrected chi connectivity index (χ3v) is 5.60. The Balaban J connectivity index is 1.61. The molecule has 0 atom stereocenters. The number of carbonyl (C=O) groups is 1. The molecule has 0 radical (unpaired) electrons. The van der Waals surface area contributed by atoms with Crippen LogP contribution in [0.15, 0.2) is 54.7 Å². The molecule has 0 unspecified atom stereocenters. The van der Waals surface area contributed by atoms with Crippen molar-refractivity contribution in [2.24, 2.45) is 0 Å². The molecule has 0 bridgehead atoms. The van der Waals surface area contributed by atoms with E-state index >= 15 is 0 Å². The number of fused-ring (bicyclic) bond motifs is 1. The number of nitro groups is 1. The van der Waals surface area contributed by atoms with Crippen LogP contribution in [0.1, 0.15) is 36.2 Å². The van der Waals surface area contributed by atoms with E-state index in [1.54, 1.807) is 18.2 Å². The number of amides is 1. The third kappa shape index (κ3) is 3.84. The summed E-state index contributed by atoms with van der Waals surface area (Å²) >= 11 is 0. The first-order chi connectivity index (χ1) is 14.4. The van der Waals surface area contributed by atoms with E-state index in [1.807, 2.05) is 18.3 Å². The van der Waals surface area contributed by atoms with E-state index in [0.717, 1.165) is 36.0 Å². The Labute approximate surface area is 174 Å². The molecule has 4 rings (SSSR count). The standard InChI is InChI=1S/C23H24N4O3/c1-15(2)26-11-9-16(10-12-26)20-14-24-21-8-7-17(13-19(20)21)25-23(28)18-5-3-4-6-22(18)27(29)30/h3-9,13-15,24H,10-12H2,1-2H3,(H,25,28). The topological polar surface area (TPSA) is 91.3 Å². The van der Waals surface area contributed by atoms with Crippen LogP contribution < -0.4 is 5.32 Å². The highest BCUT2D eigenvalue weighted by molar-refractivity contribution is 6.08. The van der Waals surface area contributed by atoms with Crippen LogP contribution >= 0.6 is 0 Å². The van der Waals surface area contributed by atoms with Crippen molar-refractivity contribution in [2.45, 2.75) is 26.3 Å². The number of nitrogens with zero attached hydrogens (tertiary/aromatic N) is 2. The minimum Gasteiger partial charge on any atom is -0.361 e. The van der Waals surface area contributed by atoms with Gasteiger partial charge < -0.3 is 10.3 Å². The quantitative estimate of drug-likeness (QED) is 0.471. The van der Waals surface area contributed by atoms with Gasteiger partial charge in [-0.2, -0.15) is 0 Å². The average molecular weight is 404 g/mol. The second-order valence-electron chi connectivity index (χ2n) is 7.76. The van der Waals surface area contributed by atoms with E-state index in [2.05, 4.69) is 35.1 Å². The summed E-state index contributed by atoms with van der Waals surface area (Å²) in [4.78, 5) is 29.1. The van der Waals surface area contributed by atoms with E-state index in [4.69, 9.17) is 0 Å². The van der Waals surface area contributed by atoms with Gasteiger partial charge in [0.1, 0.15) is 5.56 Å². The molecule has 0 spiro atoms. The van der Waals surface area contributed by atoms with E-state index in [0.29, 0.717) is 11.7 Å². The first-order valence-corrected chi connectivity index (χ1v) is 10.0. The number of hydrogen-bond donors (Lipinski definition) is 2. The van der Waals surface area contributed by atoms with Gasteiger partial charge in [-0.15, -0.1) is 0 Å². The fourth-order valence-electron chi connectivity index (χ4n) is 3.89. The largest absolute Gasteiger partial charge is 0.361 e. The highest BCUT2D eigenvalue weighted by Crippen LogP contribution is 2.31. The molecule has 30 heavy (non-hydrogen) atoms. The number of H-pyrrole nitrogens is 1. The number of aromatic amines is 1. The number of carbonyl (C=O) groups excluding carboxylic acids is 1. The van der Waals surface area contributed by atoms with Crippen LogP contribution in [0.2, 0.25) is 0 Å². The molecule has 1 aromatic heterocycles. The van der Waals surface area contributed by atoms with E-state index in [9.17, 15) is 14.9 Å². The smallest absolute Gasteiger partial charge is 0.282 e. The highest BCUT2D eigenvalue weighted by Gasteiger charge is 2.20. The normalized spacial score (nSPS) is 14.7. The zero-order valence-corrected chi connectivity index (χ0v) is 17.0. The van der Waals surface area contributed by atoms with Gasteiger partial charge in [-0.05, 0) is 50.1 Å². The second-order valence-corrected chi connectivity index (χ2v) is 7.76. The lowest BCUT2D eigenvalue weighted by molar-refractivity contribution is -0.385. The first kappa shape index (κ1) is 19.8. The van der Waals surface area contributed by atoms with Crippen LogP contribution in [0.5, 0.6) is 0 Å². The maximum atomic E-state index is 12.7. The fraction of sp³-hybridized carbons (Fsp3) is 0.261. The Morgan fingerprint density at radius 3 is 2.73 bits per heavy atom. The van der Waals surface area contributed by atoms with Crippen LogP contribution in [0, 0.1) is 10.1 Å². The predicted octanol–water partition coefficient (Wildman–Crippen LogP) is 4.83. The van der Waals surface area contributed by atoms with Gasteiger partial charge in [-0.1, -0.05) is 18.2 Å². The molecule has 7 heteroatoms. The lowest BCUT2D eigenvalue weighted by Crippen LogP contribution is -2.34. The van der Waals surface area contributed by atoms with Crippen LogP contribution in [0.3, 0.4) is 0 Å². The number of hydrogen-bond acceptors (Lipinski definition) is 4. The van der Waals surface area contributed by atoms with Gasteiger partial charge in [0.05, 0.1) is 4.92 Å². The Hall–Kier alpha value is -3.45. The highest BCUT2D eigenvalue weighted by atomic mass is 16.6. The van der Waals surface area contributed by atoms with Gasteiger partial charge in [-0.25, -0.2) is 0 Å². The Bertz CT molecular complexity index is 1150. The van der Waals surface area contributed by atoms with Crippen molar-refractivity contribution in [1.29, 1.82) is 0 Å². The molecule has 2 aromatic carbocycles. The number of rotatable bonds is 5. The van der Waals surface area contributed by atoms with Crippen LogP contribution in [-0.4, -0.2) is 39.8 Å². The summed E-state index contributed by atoms with van der Waals surface area (Å²) in [6.07, 6.45) is 5.25. The van der Waals surface area contributed by atoms with Crippen LogP contribution in [-0.2, 0) is 0 Å². The van der Waals surface area contributed by atoms with Gasteiger partial charge in [0.25, 0.3) is 11.6 Å². The summed E-state index contributed by atoms with van der Waals surface area (Å²) in [5, 5.41) is 15.0. The molecule has 0 saturated carbocycles. The van der Waals surface area contributed by atoms with Gasteiger partial charge in [0, 0.05) is 53.5 Å². The zero-order valence-electron chi connectivity index (χ0n) is 17.0. The number of anilines is 1. The summed E-state index contributed by atoms with van der Waals surface area (Å²) in [6.45, 7) is 6.35. The number of benzene rings is 2. The van der Waals surface area contributed by atoms with E-state index in [1.165, 1.54) is 17.7 Å². The molecular weight excluding hydrogens is 380 g/mol. The Kier molecular flexibility index (Phi) is 5.37. The molecular formula is C23H24N4O3. The van der Waals surface area contributed by atoms with Crippen molar-refractivity contribution in [3.8, 4) is 0 Å². The molecule has 1 aliphatic rings. The minimum absolute atomic E-state index is 0.0423. The molecule has 2 N–H and O–H groups in total. The molecule has 154 valence electrons. The monoisotopic (exact) mass is 404 g/mol. The van der Waals surface area contributed by atoms with Crippen LogP contribution in [0.4, 0.5) is 11.4 Å². The predicted molar refractivity (Wildman–Crippen MR) is 119 cm³/mol. The lowest BCUT2D eigenvalue weighted by Gasteiger charge is -2.29. The number of nitrogens with one attached hydrogen (secondary N) is 2. The summed E-state index contributed by atoms with van der Waals surface area (Å²) in [6, 6.07) is 12.1. The molecule has 7 nitrogen and oxygen atoms in total. The SMILES string of the molecule is CC(C)N1CC=C(c2c[nH]c3ccc(NC(=O)c4ccccc4[N+](=O)[O-])cc23)CC1. The van der Waals surface area contributed by atoms with Crippen molar-refractivity contribution < 1.29 is 9.72 Å². The van der Waals surface area contributed by atoms with Crippen molar-refractivity contribution in [3.05, 3.63) is 76.0 Å². The van der Waals surface area contributed by atoms with E-state index < -0.39 is 10.8 Å². The number of aromatic nitrogens is 1. The third-order valence-electron chi connectivity index (χ3n) is 5.60. The van der Waals surface area contributed by atoms with Crippen molar-refractivity contribution in [2.75, 3.05) is 18.4 Å².